The second-order valence-electron chi connectivity index (χ2n) is 8.44. The zero-order valence-electron chi connectivity index (χ0n) is 16.4. The van der Waals surface area contributed by atoms with Crippen LogP contribution in [0.25, 0.3) is 0 Å². The molecule has 2 aliphatic heterocycles. The highest BCUT2D eigenvalue weighted by Gasteiger charge is 2.46. The lowest BCUT2D eigenvalue weighted by molar-refractivity contribution is 0.0470. The van der Waals surface area contributed by atoms with Gasteiger partial charge in [0.1, 0.15) is 0 Å². The number of sulfone groups is 1. The molecule has 26 heavy (non-hydrogen) atoms. The quantitative estimate of drug-likeness (QED) is 0.763. The summed E-state index contributed by atoms with van der Waals surface area (Å²) in [4.78, 5) is 4.68. The van der Waals surface area contributed by atoms with Crippen molar-refractivity contribution in [2.75, 3.05) is 31.1 Å². The minimum absolute atomic E-state index is 0.0798. The second-order valence-corrected chi connectivity index (χ2v) is 10.6. The van der Waals surface area contributed by atoms with Crippen molar-refractivity contribution in [2.45, 2.75) is 52.7 Å². The van der Waals surface area contributed by atoms with Crippen molar-refractivity contribution in [3.63, 3.8) is 0 Å². The minimum atomic E-state index is -2.97. The Balaban J connectivity index is 1.71. The lowest BCUT2D eigenvalue weighted by Crippen LogP contribution is -2.58. The Labute approximate surface area is 157 Å². The van der Waals surface area contributed by atoms with Gasteiger partial charge in [-0.25, -0.2) is 8.42 Å². The van der Waals surface area contributed by atoms with Crippen molar-refractivity contribution < 1.29 is 8.42 Å². The van der Waals surface area contributed by atoms with Gasteiger partial charge in [0.15, 0.2) is 9.84 Å². The number of allylic oxidation sites excluding steroid dienone is 1. The van der Waals surface area contributed by atoms with E-state index in [1.165, 1.54) is 5.57 Å². The largest absolute Gasteiger partial charge is 0.293 e. The third-order valence-corrected chi connectivity index (χ3v) is 7.01. The number of piperazine rings is 1. The van der Waals surface area contributed by atoms with Crippen molar-refractivity contribution >= 4 is 9.84 Å². The van der Waals surface area contributed by atoms with Crippen LogP contribution in [0.5, 0.6) is 0 Å². The molecule has 0 spiro atoms. The van der Waals surface area contributed by atoms with Gasteiger partial charge >= 0.3 is 0 Å². The molecule has 6 nitrogen and oxygen atoms in total. The number of fused-ring (bicyclic) bond motifs is 1. The standard InChI is InChI=1S/C19H32N4O2S/c1-14(2)5-6-22-7-8-23(19-13-26(24,25)12-18(19)22)11-17-10-16(20-21-17)9-15(3)4/h5,10,15,18-19H,6-9,11-13H2,1-4H3,(H,20,21)/t18-,19+/m1/s1. The Bertz CT molecular complexity index is 749. The molecule has 3 heterocycles. The molecule has 1 aromatic heterocycles. The van der Waals surface area contributed by atoms with Crippen molar-refractivity contribution in [1.29, 1.82) is 0 Å². The number of aromatic nitrogens is 2. The molecule has 0 bridgehead atoms. The normalized spacial score (nSPS) is 26.2. The van der Waals surface area contributed by atoms with Gasteiger partial charge in [0.2, 0.25) is 0 Å². The third kappa shape index (κ3) is 4.75. The van der Waals surface area contributed by atoms with Gasteiger partial charge < -0.3 is 0 Å². The average Bonchev–Trinajstić information content (AvgIpc) is 3.08. The Morgan fingerprint density at radius 3 is 2.58 bits per heavy atom. The van der Waals surface area contributed by atoms with E-state index in [9.17, 15) is 8.42 Å². The molecule has 0 saturated carbocycles. The highest BCUT2D eigenvalue weighted by atomic mass is 32.2. The summed E-state index contributed by atoms with van der Waals surface area (Å²) in [7, 11) is -2.97. The molecule has 0 aromatic carbocycles. The van der Waals surface area contributed by atoms with Crippen LogP contribution in [0.4, 0.5) is 0 Å². The van der Waals surface area contributed by atoms with Crippen LogP contribution in [0.2, 0.25) is 0 Å². The topological polar surface area (TPSA) is 69.3 Å². The van der Waals surface area contributed by atoms with Crippen LogP contribution >= 0.6 is 0 Å². The summed E-state index contributed by atoms with van der Waals surface area (Å²) in [5.74, 6) is 1.14. The van der Waals surface area contributed by atoms with Gasteiger partial charge in [0.25, 0.3) is 0 Å². The predicted octanol–water partition coefficient (Wildman–Crippen LogP) is 1.86. The zero-order valence-corrected chi connectivity index (χ0v) is 17.2. The number of aromatic amines is 1. The number of hydrogen-bond donors (Lipinski definition) is 1. The molecule has 146 valence electrons. The van der Waals surface area contributed by atoms with Crippen molar-refractivity contribution in [3.05, 3.63) is 29.1 Å². The molecule has 1 aromatic rings. The Morgan fingerprint density at radius 1 is 1.27 bits per heavy atom. The molecule has 1 N–H and O–H groups in total. The molecule has 2 atom stereocenters. The highest BCUT2D eigenvalue weighted by molar-refractivity contribution is 7.91. The molecule has 0 amide bonds. The van der Waals surface area contributed by atoms with E-state index >= 15 is 0 Å². The van der Waals surface area contributed by atoms with Gasteiger partial charge in [0.05, 0.1) is 17.2 Å². The van der Waals surface area contributed by atoms with Crippen LogP contribution in [0.3, 0.4) is 0 Å². The van der Waals surface area contributed by atoms with Crippen LogP contribution in [-0.2, 0) is 22.8 Å². The summed E-state index contributed by atoms with van der Waals surface area (Å²) in [6, 6.07) is 2.31. The molecule has 7 heteroatoms. The first-order valence-corrected chi connectivity index (χ1v) is 11.4. The molecule has 0 radical (unpaired) electrons. The number of nitrogens with zero attached hydrogens (tertiary/aromatic N) is 3. The summed E-state index contributed by atoms with van der Waals surface area (Å²) >= 11 is 0. The number of rotatable bonds is 6. The van der Waals surface area contributed by atoms with Crippen molar-refractivity contribution in [2.24, 2.45) is 5.92 Å². The maximum absolute atomic E-state index is 12.3. The second kappa shape index (κ2) is 7.82. The molecule has 2 saturated heterocycles. The van der Waals surface area contributed by atoms with Gasteiger partial charge in [-0.3, -0.25) is 14.9 Å². The first-order valence-electron chi connectivity index (χ1n) is 9.58. The van der Waals surface area contributed by atoms with Gasteiger partial charge in [-0.1, -0.05) is 25.5 Å². The van der Waals surface area contributed by atoms with E-state index < -0.39 is 9.84 Å². The van der Waals surface area contributed by atoms with Crippen LogP contribution in [-0.4, -0.2) is 71.6 Å². The molecular formula is C19H32N4O2S. The van der Waals surface area contributed by atoms with Crippen molar-refractivity contribution in [1.82, 2.24) is 20.0 Å². The summed E-state index contributed by atoms with van der Waals surface area (Å²) in [6.07, 6.45) is 3.16. The molecule has 3 rings (SSSR count). The minimum Gasteiger partial charge on any atom is -0.293 e. The summed E-state index contributed by atoms with van der Waals surface area (Å²) in [6.45, 7) is 12.0. The SMILES string of the molecule is CC(C)=CCN1CCN(Cc2cc(CC(C)C)n[nH]2)[C@H]2CS(=O)(=O)C[C@H]21. The van der Waals surface area contributed by atoms with E-state index in [1.54, 1.807) is 0 Å². The van der Waals surface area contributed by atoms with Crippen LogP contribution in [0.15, 0.2) is 17.7 Å². The maximum Gasteiger partial charge on any atom is 0.153 e. The van der Waals surface area contributed by atoms with Crippen LogP contribution in [0, 0.1) is 5.92 Å². The van der Waals surface area contributed by atoms with E-state index in [4.69, 9.17) is 0 Å². The summed E-state index contributed by atoms with van der Waals surface area (Å²) < 4.78 is 24.6. The predicted molar refractivity (Wildman–Crippen MR) is 105 cm³/mol. The lowest BCUT2D eigenvalue weighted by atomic mass is 10.0. The van der Waals surface area contributed by atoms with Gasteiger partial charge in [0, 0.05) is 44.0 Å². The average molecular weight is 381 g/mol. The fourth-order valence-corrected chi connectivity index (χ4v) is 6.09. The highest BCUT2D eigenvalue weighted by Crippen LogP contribution is 2.28. The molecular weight excluding hydrogens is 348 g/mol. The van der Waals surface area contributed by atoms with Crippen molar-refractivity contribution in [3.8, 4) is 0 Å². The zero-order chi connectivity index (χ0) is 18.9. The monoisotopic (exact) mass is 380 g/mol. The van der Waals surface area contributed by atoms with E-state index in [-0.39, 0.29) is 23.6 Å². The van der Waals surface area contributed by atoms with E-state index in [0.29, 0.717) is 5.92 Å². The van der Waals surface area contributed by atoms with E-state index in [2.05, 4.69) is 59.8 Å². The fourth-order valence-electron chi connectivity index (χ4n) is 4.05. The fraction of sp³-hybridized carbons (Fsp3) is 0.737. The van der Waals surface area contributed by atoms with Crippen LogP contribution < -0.4 is 0 Å². The molecule has 0 unspecified atom stereocenters. The Morgan fingerprint density at radius 2 is 1.92 bits per heavy atom. The van der Waals surface area contributed by atoms with E-state index in [1.807, 2.05) is 0 Å². The van der Waals surface area contributed by atoms with Gasteiger partial charge in [-0.15, -0.1) is 0 Å². The van der Waals surface area contributed by atoms with Crippen LogP contribution in [0.1, 0.15) is 39.1 Å². The number of hydrogen-bond acceptors (Lipinski definition) is 5. The Kier molecular flexibility index (Phi) is 5.89. The van der Waals surface area contributed by atoms with Gasteiger partial charge in [-0.2, -0.15) is 5.10 Å². The molecule has 0 aliphatic carbocycles. The number of nitrogens with one attached hydrogen (secondary N) is 1. The molecule has 2 aliphatic rings. The van der Waals surface area contributed by atoms with E-state index in [0.717, 1.165) is 44.0 Å². The first kappa shape index (κ1) is 19.6. The summed E-state index contributed by atoms with van der Waals surface area (Å²) in [5, 5.41) is 7.56. The lowest BCUT2D eigenvalue weighted by Gasteiger charge is -2.43. The summed E-state index contributed by atoms with van der Waals surface area (Å²) in [5.41, 5.74) is 3.45. The Hall–Kier alpha value is -1.18. The maximum atomic E-state index is 12.3. The van der Waals surface area contributed by atoms with Gasteiger partial charge in [-0.05, 0) is 32.3 Å². The molecule has 2 fully saturated rings. The first-order chi connectivity index (χ1) is 12.2. The smallest absolute Gasteiger partial charge is 0.153 e. The third-order valence-electron chi connectivity index (χ3n) is 5.31. The number of H-pyrrole nitrogens is 1.